The van der Waals surface area contributed by atoms with Crippen molar-refractivity contribution < 1.29 is 14.3 Å². The Morgan fingerprint density at radius 3 is 2.73 bits per heavy atom. The maximum Gasteiger partial charge on any atom is 0.239 e. The normalized spacial score (nSPS) is 22.4. The second-order valence-electron chi connectivity index (χ2n) is 5.56. The smallest absolute Gasteiger partial charge is 0.239 e. The van der Waals surface area contributed by atoms with Crippen LogP contribution in [0.4, 0.5) is 5.69 Å². The minimum absolute atomic E-state index is 0.0785. The molecule has 2 fully saturated rings. The lowest BCUT2D eigenvalue weighted by Gasteiger charge is -2.29. The van der Waals surface area contributed by atoms with Crippen LogP contribution in [-0.4, -0.2) is 37.5 Å². The Morgan fingerprint density at radius 2 is 2.05 bits per heavy atom. The first kappa shape index (κ1) is 14.8. The molecule has 1 unspecified atom stereocenters. The predicted octanol–water partition coefficient (Wildman–Crippen LogP) is 1.38. The third-order valence-electron chi connectivity index (χ3n) is 4.13. The second kappa shape index (κ2) is 6.34. The van der Waals surface area contributed by atoms with Gasteiger partial charge >= 0.3 is 0 Å². The standard InChI is InChI=1S/C16H19N3O3/c17-10-12-3-5-13(6-4-12)18-11-15(20)19-14-2-1-7-16(14)21-8-9-22-16/h3-6,14,18H,1-2,7-9,11H2,(H,19,20). The number of hydrogen-bond donors (Lipinski definition) is 2. The SMILES string of the molecule is N#Cc1ccc(NCC(=O)NC2CCCC23OCCO3)cc1. The average molecular weight is 301 g/mol. The number of hydrogen-bond acceptors (Lipinski definition) is 5. The fraction of sp³-hybridized carbons (Fsp3) is 0.500. The first-order chi connectivity index (χ1) is 10.7. The van der Waals surface area contributed by atoms with Crippen molar-refractivity contribution in [2.75, 3.05) is 25.1 Å². The predicted molar refractivity (Wildman–Crippen MR) is 80.1 cm³/mol. The fourth-order valence-corrected chi connectivity index (χ4v) is 3.04. The highest BCUT2D eigenvalue weighted by Crippen LogP contribution is 2.37. The summed E-state index contributed by atoms with van der Waals surface area (Å²) in [6, 6.07) is 8.98. The van der Waals surface area contributed by atoms with Gasteiger partial charge in [0.1, 0.15) is 0 Å². The summed E-state index contributed by atoms with van der Waals surface area (Å²) < 4.78 is 11.4. The molecule has 0 aromatic heterocycles. The molecule has 1 amide bonds. The molecule has 1 heterocycles. The van der Waals surface area contributed by atoms with Crippen LogP contribution in [0, 0.1) is 11.3 Å². The van der Waals surface area contributed by atoms with Crippen LogP contribution < -0.4 is 10.6 Å². The number of anilines is 1. The van der Waals surface area contributed by atoms with Gasteiger partial charge in [-0.2, -0.15) is 5.26 Å². The monoisotopic (exact) mass is 301 g/mol. The Bertz CT molecular complexity index is 568. The van der Waals surface area contributed by atoms with E-state index in [0.29, 0.717) is 18.8 Å². The molecule has 3 rings (SSSR count). The lowest BCUT2D eigenvalue weighted by Crippen LogP contribution is -2.51. The molecule has 1 spiro atoms. The maximum atomic E-state index is 12.1. The van der Waals surface area contributed by atoms with E-state index in [2.05, 4.69) is 16.7 Å². The molecule has 0 radical (unpaired) electrons. The molecule has 1 atom stereocenters. The van der Waals surface area contributed by atoms with Crippen molar-refractivity contribution in [2.45, 2.75) is 31.1 Å². The van der Waals surface area contributed by atoms with Crippen molar-refractivity contribution >= 4 is 11.6 Å². The maximum absolute atomic E-state index is 12.1. The van der Waals surface area contributed by atoms with Crippen LogP contribution in [0.1, 0.15) is 24.8 Å². The van der Waals surface area contributed by atoms with Crippen molar-refractivity contribution in [3.8, 4) is 6.07 Å². The Balaban J connectivity index is 1.51. The molecule has 1 saturated carbocycles. The lowest BCUT2D eigenvalue weighted by atomic mass is 10.1. The summed E-state index contributed by atoms with van der Waals surface area (Å²) in [5.74, 6) is -0.695. The molecular weight excluding hydrogens is 282 g/mol. The van der Waals surface area contributed by atoms with E-state index >= 15 is 0 Å². The number of nitrogens with one attached hydrogen (secondary N) is 2. The van der Waals surface area contributed by atoms with Gasteiger partial charge < -0.3 is 20.1 Å². The van der Waals surface area contributed by atoms with E-state index in [1.165, 1.54) is 0 Å². The molecule has 1 aliphatic heterocycles. The van der Waals surface area contributed by atoms with Crippen LogP contribution in [0.3, 0.4) is 0 Å². The van der Waals surface area contributed by atoms with Crippen LogP contribution in [0.2, 0.25) is 0 Å². The van der Waals surface area contributed by atoms with Crippen molar-refractivity contribution in [3.63, 3.8) is 0 Å². The van der Waals surface area contributed by atoms with Gasteiger partial charge in [-0.1, -0.05) is 0 Å². The number of rotatable bonds is 4. The van der Waals surface area contributed by atoms with E-state index in [4.69, 9.17) is 14.7 Å². The van der Waals surface area contributed by atoms with E-state index in [0.717, 1.165) is 24.9 Å². The van der Waals surface area contributed by atoms with Gasteiger partial charge in [-0.15, -0.1) is 0 Å². The molecule has 2 aliphatic rings. The number of nitriles is 1. The quantitative estimate of drug-likeness (QED) is 0.878. The van der Waals surface area contributed by atoms with Gasteiger partial charge in [-0.25, -0.2) is 0 Å². The van der Waals surface area contributed by atoms with E-state index in [9.17, 15) is 4.79 Å². The number of amides is 1. The third kappa shape index (κ3) is 3.06. The molecule has 1 aliphatic carbocycles. The van der Waals surface area contributed by atoms with Crippen molar-refractivity contribution in [2.24, 2.45) is 0 Å². The number of ether oxygens (including phenoxy) is 2. The van der Waals surface area contributed by atoms with Crippen LogP contribution in [0.5, 0.6) is 0 Å². The largest absolute Gasteiger partial charge is 0.376 e. The number of carbonyl (C=O) groups excluding carboxylic acids is 1. The summed E-state index contributed by atoms with van der Waals surface area (Å²) in [6.45, 7) is 1.37. The summed E-state index contributed by atoms with van der Waals surface area (Å²) in [4.78, 5) is 12.1. The van der Waals surface area contributed by atoms with Gasteiger partial charge in [0.25, 0.3) is 0 Å². The van der Waals surface area contributed by atoms with E-state index in [-0.39, 0.29) is 18.5 Å². The Labute approximate surface area is 129 Å². The third-order valence-corrected chi connectivity index (χ3v) is 4.13. The van der Waals surface area contributed by atoms with E-state index in [1.54, 1.807) is 24.3 Å². The highest BCUT2D eigenvalue weighted by molar-refractivity contribution is 5.81. The highest BCUT2D eigenvalue weighted by atomic mass is 16.7. The Kier molecular flexibility index (Phi) is 4.27. The van der Waals surface area contributed by atoms with Crippen LogP contribution in [0.15, 0.2) is 24.3 Å². The van der Waals surface area contributed by atoms with Crippen molar-refractivity contribution in [1.29, 1.82) is 5.26 Å². The van der Waals surface area contributed by atoms with Gasteiger partial charge in [0.15, 0.2) is 5.79 Å². The topological polar surface area (TPSA) is 83.4 Å². The molecule has 6 nitrogen and oxygen atoms in total. The minimum atomic E-state index is -0.607. The Morgan fingerprint density at radius 1 is 1.32 bits per heavy atom. The van der Waals surface area contributed by atoms with Gasteiger partial charge in [0.05, 0.1) is 37.4 Å². The zero-order valence-corrected chi connectivity index (χ0v) is 12.3. The van der Waals surface area contributed by atoms with Gasteiger partial charge in [0, 0.05) is 12.1 Å². The molecule has 1 saturated heterocycles. The fourth-order valence-electron chi connectivity index (χ4n) is 3.04. The zero-order valence-electron chi connectivity index (χ0n) is 12.3. The van der Waals surface area contributed by atoms with Crippen LogP contribution in [0.25, 0.3) is 0 Å². The Hall–Kier alpha value is -2.10. The minimum Gasteiger partial charge on any atom is -0.376 e. The van der Waals surface area contributed by atoms with Crippen molar-refractivity contribution in [1.82, 2.24) is 5.32 Å². The molecule has 22 heavy (non-hydrogen) atoms. The number of benzene rings is 1. The molecule has 116 valence electrons. The van der Waals surface area contributed by atoms with Gasteiger partial charge in [0.2, 0.25) is 5.91 Å². The van der Waals surface area contributed by atoms with Gasteiger partial charge in [-0.3, -0.25) is 4.79 Å². The highest BCUT2D eigenvalue weighted by Gasteiger charge is 2.48. The number of nitrogens with zero attached hydrogens (tertiary/aromatic N) is 1. The summed E-state index contributed by atoms with van der Waals surface area (Å²) in [6.07, 6.45) is 2.71. The first-order valence-corrected chi connectivity index (χ1v) is 7.53. The van der Waals surface area contributed by atoms with Crippen molar-refractivity contribution in [3.05, 3.63) is 29.8 Å². The van der Waals surface area contributed by atoms with E-state index < -0.39 is 5.79 Å². The summed E-state index contributed by atoms with van der Waals surface area (Å²) in [5, 5.41) is 14.8. The second-order valence-corrected chi connectivity index (χ2v) is 5.56. The molecule has 0 bridgehead atoms. The number of carbonyl (C=O) groups is 1. The molecule has 6 heteroatoms. The average Bonchev–Trinajstić information content (AvgIpc) is 3.17. The van der Waals surface area contributed by atoms with Crippen LogP contribution >= 0.6 is 0 Å². The van der Waals surface area contributed by atoms with Gasteiger partial charge in [-0.05, 0) is 37.1 Å². The van der Waals surface area contributed by atoms with Crippen LogP contribution in [-0.2, 0) is 14.3 Å². The summed E-state index contributed by atoms with van der Waals surface area (Å²) in [7, 11) is 0. The first-order valence-electron chi connectivity index (χ1n) is 7.53. The molecule has 2 N–H and O–H groups in total. The summed E-state index contributed by atoms with van der Waals surface area (Å²) in [5.41, 5.74) is 1.40. The summed E-state index contributed by atoms with van der Waals surface area (Å²) >= 11 is 0. The molecular formula is C16H19N3O3. The molecule has 1 aromatic carbocycles. The van der Waals surface area contributed by atoms with E-state index in [1.807, 2.05) is 0 Å². The lowest BCUT2D eigenvalue weighted by molar-refractivity contribution is -0.169. The molecule has 1 aromatic rings. The zero-order chi connectivity index (χ0) is 15.4.